The van der Waals surface area contributed by atoms with Crippen LogP contribution in [0.15, 0.2) is 60.7 Å². The van der Waals surface area contributed by atoms with Crippen molar-refractivity contribution in [2.45, 2.75) is 62.4 Å². The van der Waals surface area contributed by atoms with Gasteiger partial charge in [0, 0.05) is 24.9 Å². The normalized spacial score (nSPS) is 17.4. The Balaban J connectivity index is 1.47. The van der Waals surface area contributed by atoms with Crippen molar-refractivity contribution in [1.29, 1.82) is 0 Å². The fraction of sp³-hybridized carbons (Fsp3) is 0.400. The smallest absolute Gasteiger partial charge is 0.407 e. The highest BCUT2D eigenvalue weighted by Crippen LogP contribution is 2.32. The van der Waals surface area contributed by atoms with Crippen molar-refractivity contribution in [3.63, 3.8) is 0 Å². The summed E-state index contributed by atoms with van der Waals surface area (Å²) < 4.78 is 110. The molecule has 3 aromatic rings. The number of rotatable bonds is 14. The number of nitrogens with one attached hydrogen (secondary N) is 2. The maximum atomic E-state index is 15.2. The lowest BCUT2D eigenvalue weighted by Gasteiger charge is -2.30. The second kappa shape index (κ2) is 17.4. The first kappa shape index (κ1) is 38.3. The number of alkyl carbamates (subject to hydrolysis) is 1. The summed E-state index contributed by atoms with van der Waals surface area (Å²) in [6.45, 7) is 0.152. The Bertz CT molecular complexity index is 1610. The molecule has 1 saturated heterocycles. The Morgan fingerprint density at radius 3 is 2.28 bits per heavy atom. The average Bonchev–Trinajstić information content (AvgIpc) is 3.06. The van der Waals surface area contributed by atoms with Crippen LogP contribution in [0.1, 0.15) is 47.4 Å². The maximum absolute atomic E-state index is 15.2. The number of carbonyl (C=O) groups excluding carboxylic acids is 3. The van der Waals surface area contributed by atoms with E-state index in [1.165, 1.54) is 30.3 Å². The second-order valence-electron chi connectivity index (χ2n) is 11.8. The van der Waals surface area contributed by atoms with Gasteiger partial charge in [-0.05, 0) is 65.4 Å². The number of Topliss-reactive ketones (excluding diaryl/α,β-unsaturated/α-hetero) is 1. The van der Waals surface area contributed by atoms with Crippen LogP contribution in [0.5, 0.6) is 0 Å². The molecule has 1 aliphatic heterocycles. The molecule has 270 valence electrons. The van der Waals surface area contributed by atoms with Crippen LogP contribution in [0.25, 0.3) is 0 Å². The number of carbonyl (C=O) groups is 3. The Hall–Kier alpha value is -4.50. The summed E-state index contributed by atoms with van der Waals surface area (Å²) in [4.78, 5) is 38.1. The van der Waals surface area contributed by atoms with Crippen molar-refractivity contribution in [3.05, 3.63) is 106 Å². The first-order chi connectivity index (χ1) is 23.7. The number of methoxy groups -OCH3 is 1. The number of morpholine rings is 1. The van der Waals surface area contributed by atoms with Gasteiger partial charge in [0.15, 0.2) is 5.78 Å². The monoisotopic (exact) mass is 712 g/mol. The first-order valence-corrected chi connectivity index (χ1v) is 15.6. The molecule has 0 saturated carbocycles. The third-order valence-electron chi connectivity index (χ3n) is 8.13. The lowest BCUT2D eigenvalue weighted by molar-refractivity contribution is -0.158. The average molecular weight is 713 g/mol. The molecular weight excluding hydrogens is 677 g/mol. The third-order valence-corrected chi connectivity index (χ3v) is 8.13. The quantitative estimate of drug-likeness (QED) is 0.154. The van der Waals surface area contributed by atoms with Gasteiger partial charge in [-0.15, -0.1) is 0 Å². The summed E-state index contributed by atoms with van der Waals surface area (Å²) in [5, 5.41) is 5.52. The summed E-state index contributed by atoms with van der Waals surface area (Å²) in [7, 11) is 1.06. The lowest BCUT2D eigenvalue weighted by Crippen LogP contribution is -2.49. The van der Waals surface area contributed by atoms with Gasteiger partial charge in [0.2, 0.25) is 0 Å². The molecule has 0 radical (unpaired) electrons. The van der Waals surface area contributed by atoms with Crippen LogP contribution in [0.2, 0.25) is 0 Å². The molecule has 1 aliphatic rings. The van der Waals surface area contributed by atoms with Crippen LogP contribution < -0.4 is 10.6 Å². The molecule has 2 N–H and O–H groups in total. The molecule has 0 aliphatic carbocycles. The number of hydrogen-bond acceptors (Lipinski definition) is 7. The Morgan fingerprint density at radius 1 is 0.960 bits per heavy atom. The van der Waals surface area contributed by atoms with E-state index in [1.807, 2.05) is 0 Å². The topological polar surface area (TPSA) is 103 Å². The number of ketones is 1. The Kier molecular flexibility index (Phi) is 13.4. The highest BCUT2D eigenvalue weighted by molar-refractivity contribution is 5.91. The number of amides is 1. The van der Waals surface area contributed by atoms with Gasteiger partial charge in [-0.2, -0.15) is 13.2 Å². The van der Waals surface area contributed by atoms with E-state index in [4.69, 9.17) is 14.2 Å². The van der Waals surface area contributed by atoms with Crippen LogP contribution in [-0.2, 0) is 36.6 Å². The summed E-state index contributed by atoms with van der Waals surface area (Å²) in [6.07, 6.45) is -8.00. The van der Waals surface area contributed by atoms with Crippen molar-refractivity contribution >= 4 is 17.8 Å². The first-order valence-electron chi connectivity index (χ1n) is 15.6. The third kappa shape index (κ3) is 11.3. The van der Waals surface area contributed by atoms with Gasteiger partial charge in [0.05, 0.1) is 38.7 Å². The Labute approximate surface area is 283 Å². The van der Waals surface area contributed by atoms with E-state index in [9.17, 15) is 40.7 Å². The molecule has 0 unspecified atom stereocenters. The van der Waals surface area contributed by atoms with Gasteiger partial charge in [0.25, 0.3) is 0 Å². The molecule has 15 heteroatoms. The summed E-state index contributed by atoms with van der Waals surface area (Å²) in [5.41, 5.74) is 0.695. The van der Waals surface area contributed by atoms with Gasteiger partial charge >= 0.3 is 18.2 Å². The van der Waals surface area contributed by atoms with Gasteiger partial charge in [-0.25, -0.2) is 22.4 Å². The minimum Gasteiger partial charge on any atom is -0.464 e. The minimum atomic E-state index is -4.47. The van der Waals surface area contributed by atoms with Crippen molar-refractivity contribution in [1.82, 2.24) is 10.6 Å². The fourth-order valence-corrected chi connectivity index (χ4v) is 5.66. The molecule has 1 fully saturated rings. The SMILES string of the molecule is COC(=O)N[C@H](C(=O)Cc1cccc(F)c1CC[C@@H]1CN[C@H](COC(=O)CCC(F)(F)F)CO1)[C@@H](c1ccc(F)cc1)c1cc(F)cc(F)c1. The van der Waals surface area contributed by atoms with E-state index in [0.29, 0.717) is 6.07 Å². The standard InChI is InChI=1S/C35H35F7N2O6/c1-48-34(47)44-33(32(20-5-7-23(36)8-6-20)22-13-24(37)16-25(38)14-22)30(45)15-21-3-2-4-29(39)28(21)10-9-27-17-43-26(18-49-27)19-50-31(46)11-12-35(40,41)42/h2-8,13-14,16,26-27,32-33,43H,9-12,15,17-19H2,1H3,(H,44,47)/t26-,27+,32-,33+/m0/s1. The molecular formula is C35H35F7N2O6. The number of benzene rings is 3. The molecule has 4 atom stereocenters. The lowest BCUT2D eigenvalue weighted by atomic mass is 9.81. The van der Waals surface area contributed by atoms with E-state index in [2.05, 4.69) is 10.6 Å². The van der Waals surface area contributed by atoms with Crippen LogP contribution in [0, 0.1) is 23.3 Å². The fourth-order valence-electron chi connectivity index (χ4n) is 5.66. The molecule has 8 nitrogen and oxygen atoms in total. The van der Waals surface area contributed by atoms with Crippen molar-refractivity contribution in [3.8, 4) is 0 Å². The Morgan fingerprint density at radius 2 is 1.66 bits per heavy atom. The van der Waals surface area contributed by atoms with E-state index in [1.54, 1.807) is 0 Å². The van der Waals surface area contributed by atoms with Gasteiger partial charge in [0.1, 0.15) is 35.9 Å². The van der Waals surface area contributed by atoms with E-state index in [-0.39, 0.29) is 54.9 Å². The summed E-state index contributed by atoms with van der Waals surface area (Å²) in [6, 6.07) is 9.65. The number of halogens is 7. The van der Waals surface area contributed by atoms with E-state index >= 15 is 4.39 Å². The molecule has 3 aromatic carbocycles. The molecule has 0 spiro atoms. The molecule has 1 amide bonds. The van der Waals surface area contributed by atoms with Crippen LogP contribution in [-0.4, -0.2) is 69.1 Å². The van der Waals surface area contributed by atoms with Crippen LogP contribution in [0.3, 0.4) is 0 Å². The number of ether oxygens (including phenoxy) is 3. The zero-order valence-electron chi connectivity index (χ0n) is 26.8. The number of alkyl halides is 3. The highest BCUT2D eigenvalue weighted by Gasteiger charge is 2.34. The molecule has 50 heavy (non-hydrogen) atoms. The van der Waals surface area contributed by atoms with Gasteiger partial charge in [-0.3, -0.25) is 9.59 Å². The van der Waals surface area contributed by atoms with E-state index < -0.39 is 90.7 Å². The summed E-state index contributed by atoms with van der Waals surface area (Å²) >= 11 is 0. The largest absolute Gasteiger partial charge is 0.464 e. The van der Waals surface area contributed by atoms with Crippen LogP contribution >= 0.6 is 0 Å². The second-order valence-corrected chi connectivity index (χ2v) is 11.8. The zero-order chi connectivity index (χ0) is 36.4. The highest BCUT2D eigenvalue weighted by atomic mass is 19.4. The van der Waals surface area contributed by atoms with Gasteiger partial charge < -0.3 is 24.8 Å². The van der Waals surface area contributed by atoms with Crippen molar-refractivity contribution in [2.75, 3.05) is 26.9 Å². The molecule has 4 rings (SSSR count). The van der Waals surface area contributed by atoms with Crippen molar-refractivity contribution < 1.29 is 59.3 Å². The molecule has 0 bridgehead atoms. The number of hydrogen-bond donors (Lipinski definition) is 2. The predicted octanol–water partition coefficient (Wildman–Crippen LogP) is 6.09. The summed E-state index contributed by atoms with van der Waals surface area (Å²) in [5.74, 6) is -5.96. The molecule has 0 aromatic heterocycles. The number of esters is 1. The predicted molar refractivity (Wildman–Crippen MR) is 165 cm³/mol. The van der Waals surface area contributed by atoms with Crippen LogP contribution in [0.4, 0.5) is 35.5 Å². The van der Waals surface area contributed by atoms with Crippen molar-refractivity contribution in [2.24, 2.45) is 0 Å². The van der Waals surface area contributed by atoms with E-state index in [0.717, 1.165) is 31.4 Å². The zero-order valence-corrected chi connectivity index (χ0v) is 26.8. The minimum absolute atomic E-state index is 0.0281. The van der Waals surface area contributed by atoms with Gasteiger partial charge in [-0.1, -0.05) is 24.3 Å². The molecule has 1 heterocycles. The maximum Gasteiger partial charge on any atom is 0.407 e.